The number of benzene rings is 1. The Kier molecular flexibility index (Phi) is 5.19. The second-order valence-corrected chi connectivity index (χ2v) is 11.4. The zero-order valence-corrected chi connectivity index (χ0v) is 19.5. The lowest BCUT2D eigenvalue weighted by molar-refractivity contribution is -0.143. The Balaban J connectivity index is 1.45. The van der Waals surface area contributed by atoms with Crippen molar-refractivity contribution in [2.75, 3.05) is 27.9 Å². The van der Waals surface area contributed by atoms with E-state index in [0.717, 1.165) is 0 Å². The molecule has 1 saturated heterocycles. The van der Waals surface area contributed by atoms with Gasteiger partial charge in [0.2, 0.25) is 5.91 Å². The quantitative estimate of drug-likeness (QED) is 0.650. The second kappa shape index (κ2) is 7.76. The standard InChI is InChI=1S/C22H24F2N4O5S/c1-13-9-26(21(30)33-18-6-22(23,24)7-18)20-5-15(3-4-19(20)28(13)14(2)29)16-8-25-27(10-16)17-11-34(31,32)12-17/h3-5,8,10,13,17-18H,6-7,9,11-12H2,1-2H3/t13-/m0/s1. The van der Waals surface area contributed by atoms with E-state index in [0.29, 0.717) is 22.5 Å². The first kappa shape index (κ1) is 22.8. The van der Waals surface area contributed by atoms with E-state index in [-0.39, 0.29) is 36.0 Å². The van der Waals surface area contributed by atoms with Crippen LogP contribution in [0.25, 0.3) is 11.1 Å². The van der Waals surface area contributed by atoms with Crippen molar-refractivity contribution in [2.24, 2.45) is 0 Å². The number of halogens is 2. The van der Waals surface area contributed by atoms with Crippen LogP contribution >= 0.6 is 0 Å². The van der Waals surface area contributed by atoms with Gasteiger partial charge in [0.1, 0.15) is 6.10 Å². The summed E-state index contributed by atoms with van der Waals surface area (Å²) in [7, 11) is -3.00. The Morgan fingerprint density at radius 1 is 1.15 bits per heavy atom. The fraction of sp³-hybridized carbons (Fsp3) is 0.500. The van der Waals surface area contributed by atoms with E-state index >= 15 is 0 Å². The molecule has 1 aromatic carbocycles. The van der Waals surface area contributed by atoms with E-state index in [1.54, 1.807) is 47.1 Å². The van der Waals surface area contributed by atoms with Gasteiger partial charge >= 0.3 is 6.09 Å². The molecule has 2 aromatic rings. The number of amides is 2. The van der Waals surface area contributed by atoms with Crippen molar-refractivity contribution >= 4 is 33.2 Å². The molecule has 2 fully saturated rings. The number of alkyl halides is 2. The number of ether oxygens (including phenoxy) is 1. The van der Waals surface area contributed by atoms with Crippen LogP contribution in [-0.2, 0) is 19.4 Å². The summed E-state index contributed by atoms with van der Waals surface area (Å²) in [6.07, 6.45) is 0.792. The number of hydrogen-bond acceptors (Lipinski definition) is 6. The highest BCUT2D eigenvalue weighted by Gasteiger charge is 2.48. The number of anilines is 2. The largest absolute Gasteiger partial charge is 0.445 e. The molecule has 0 unspecified atom stereocenters. The van der Waals surface area contributed by atoms with Crippen LogP contribution in [0.3, 0.4) is 0 Å². The van der Waals surface area contributed by atoms with Gasteiger partial charge in [-0.1, -0.05) is 6.07 Å². The van der Waals surface area contributed by atoms with Gasteiger partial charge in [-0.2, -0.15) is 5.10 Å². The minimum Gasteiger partial charge on any atom is -0.445 e. The summed E-state index contributed by atoms with van der Waals surface area (Å²) < 4.78 is 56.3. The number of carbonyl (C=O) groups is 2. The summed E-state index contributed by atoms with van der Waals surface area (Å²) in [5, 5.41) is 4.28. The van der Waals surface area contributed by atoms with Gasteiger partial charge in [-0.05, 0) is 24.6 Å². The predicted octanol–water partition coefficient (Wildman–Crippen LogP) is 3.02. The SMILES string of the molecule is CC(=O)N1c2ccc(-c3cnn(C4CS(=O)(=O)C4)c3)cc2N(C(=O)OC2CC(F)(F)C2)C[C@@H]1C. The Labute approximate surface area is 195 Å². The summed E-state index contributed by atoms with van der Waals surface area (Å²) in [5.74, 6) is -2.91. The summed E-state index contributed by atoms with van der Waals surface area (Å²) in [5.41, 5.74) is 2.37. The molecule has 182 valence electrons. The molecule has 12 heteroatoms. The van der Waals surface area contributed by atoms with Gasteiger partial charge < -0.3 is 9.64 Å². The van der Waals surface area contributed by atoms with Gasteiger partial charge in [-0.25, -0.2) is 22.0 Å². The molecule has 0 spiro atoms. The smallest absolute Gasteiger partial charge is 0.414 e. The van der Waals surface area contributed by atoms with Crippen LogP contribution in [0.15, 0.2) is 30.6 Å². The third-order valence-electron chi connectivity index (χ3n) is 6.49. The molecular formula is C22H24F2N4O5S. The molecule has 1 atom stereocenters. The first-order chi connectivity index (χ1) is 15.9. The number of carbonyl (C=O) groups excluding carboxylic acids is 2. The number of sulfone groups is 1. The number of nitrogens with zero attached hydrogens (tertiary/aromatic N) is 4. The average molecular weight is 495 g/mol. The van der Waals surface area contributed by atoms with Crippen molar-refractivity contribution in [3.05, 3.63) is 30.6 Å². The van der Waals surface area contributed by atoms with Crippen LogP contribution in [0.4, 0.5) is 25.0 Å². The molecule has 1 saturated carbocycles. The average Bonchev–Trinajstić information content (AvgIpc) is 3.19. The maximum absolute atomic E-state index is 13.2. The van der Waals surface area contributed by atoms with E-state index < -0.39 is 40.8 Å². The van der Waals surface area contributed by atoms with Gasteiger partial charge in [0.25, 0.3) is 5.92 Å². The first-order valence-electron chi connectivity index (χ1n) is 11.0. The highest BCUT2D eigenvalue weighted by atomic mass is 32.2. The van der Waals surface area contributed by atoms with Crippen molar-refractivity contribution in [1.82, 2.24) is 9.78 Å². The second-order valence-electron chi connectivity index (χ2n) is 9.26. The lowest BCUT2D eigenvalue weighted by Gasteiger charge is -2.42. The fourth-order valence-corrected chi connectivity index (χ4v) is 6.11. The molecule has 2 aliphatic heterocycles. The van der Waals surface area contributed by atoms with Crippen LogP contribution in [0.5, 0.6) is 0 Å². The molecular weight excluding hydrogens is 470 g/mol. The van der Waals surface area contributed by atoms with Crippen molar-refractivity contribution in [1.29, 1.82) is 0 Å². The lowest BCUT2D eigenvalue weighted by Crippen LogP contribution is -2.53. The van der Waals surface area contributed by atoms with Crippen LogP contribution in [0.1, 0.15) is 32.7 Å². The van der Waals surface area contributed by atoms with Gasteiger partial charge in [-0.3, -0.25) is 14.4 Å². The minimum atomic E-state index is -3.00. The molecule has 3 aliphatic rings. The van der Waals surface area contributed by atoms with Gasteiger partial charge in [0.05, 0.1) is 41.2 Å². The Bertz CT molecular complexity index is 1260. The summed E-state index contributed by atoms with van der Waals surface area (Å²) >= 11 is 0. The summed E-state index contributed by atoms with van der Waals surface area (Å²) in [6, 6.07) is 4.70. The molecule has 3 heterocycles. The molecule has 1 aromatic heterocycles. The highest BCUT2D eigenvalue weighted by molar-refractivity contribution is 7.92. The van der Waals surface area contributed by atoms with Crippen molar-refractivity contribution in [3.63, 3.8) is 0 Å². The van der Waals surface area contributed by atoms with Crippen molar-refractivity contribution in [3.8, 4) is 11.1 Å². The zero-order valence-electron chi connectivity index (χ0n) is 18.6. The van der Waals surface area contributed by atoms with Crippen LogP contribution in [-0.4, -0.2) is 66.3 Å². The van der Waals surface area contributed by atoms with Gasteiger partial charge in [0, 0.05) is 38.1 Å². The van der Waals surface area contributed by atoms with Crippen molar-refractivity contribution < 1.29 is 31.5 Å². The molecule has 34 heavy (non-hydrogen) atoms. The van der Waals surface area contributed by atoms with Crippen molar-refractivity contribution in [2.45, 2.75) is 50.8 Å². The maximum Gasteiger partial charge on any atom is 0.414 e. The number of aromatic nitrogens is 2. The van der Waals surface area contributed by atoms with Crippen LogP contribution < -0.4 is 9.80 Å². The minimum absolute atomic E-state index is 0.0452. The third kappa shape index (κ3) is 4.04. The normalized spacial score (nSPS) is 23.6. The summed E-state index contributed by atoms with van der Waals surface area (Å²) in [4.78, 5) is 28.2. The van der Waals surface area contributed by atoms with Crippen LogP contribution in [0.2, 0.25) is 0 Å². The lowest BCUT2D eigenvalue weighted by atomic mass is 9.91. The molecule has 5 rings (SSSR count). The highest BCUT2D eigenvalue weighted by Crippen LogP contribution is 2.42. The predicted molar refractivity (Wildman–Crippen MR) is 120 cm³/mol. The van der Waals surface area contributed by atoms with E-state index in [2.05, 4.69) is 5.10 Å². The first-order valence-corrected chi connectivity index (χ1v) is 12.8. The maximum atomic E-state index is 13.2. The molecule has 0 bridgehead atoms. The van der Waals surface area contributed by atoms with Gasteiger partial charge in [0.15, 0.2) is 9.84 Å². The third-order valence-corrected chi connectivity index (χ3v) is 8.28. The Morgan fingerprint density at radius 3 is 2.47 bits per heavy atom. The number of rotatable bonds is 3. The molecule has 1 aliphatic carbocycles. The number of hydrogen-bond donors (Lipinski definition) is 0. The monoisotopic (exact) mass is 494 g/mol. The molecule has 0 N–H and O–H groups in total. The Morgan fingerprint density at radius 2 is 1.85 bits per heavy atom. The fourth-order valence-electron chi connectivity index (χ4n) is 4.73. The van der Waals surface area contributed by atoms with E-state index in [4.69, 9.17) is 4.74 Å². The molecule has 0 radical (unpaired) electrons. The van der Waals surface area contributed by atoms with E-state index in [1.807, 2.05) is 0 Å². The van der Waals surface area contributed by atoms with Crippen LogP contribution in [0, 0.1) is 0 Å². The summed E-state index contributed by atoms with van der Waals surface area (Å²) in [6.45, 7) is 3.39. The molecule has 2 amide bonds. The Hall–Kier alpha value is -3.02. The topological polar surface area (TPSA) is 102 Å². The zero-order chi connectivity index (χ0) is 24.4. The van der Waals surface area contributed by atoms with E-state index in [9.17, 15) is 26.8 Å². The number of fused-ring (bicyclic) bond motifs is 1. The molecule has 9 nitrogen and oxygen atoms in total. The van der Waals surface area contributed by atoms with Gasteiger partial charge in [-0.15, -0.1) is 0 Å². The van der Waals surface area contributed by atoms with E-state index in [1.165, 1.54) is 11.8 Å².